The Balaban J connectivity index is 2.79. The van der Waals surface area contributed by atoms with Crippen LogP contribution in [0.5, 0.6) is 17.2 Å². The summed E-state index contributed by atoms with van der Waals surface area (Å²) in [4.78, 5) is 11.1. The maximum atomic E-state index is 11.1. The maximum Gasteiger partial charge on any atom is 0.307 e. The van der Waals surface area contributed by atoms with Crippen molar-refractivity contribution < 1.29 is 24.1 Å². The van der Waals surface area contributed by atoms with Crippen LogP contribution in [0.25, 0.3) is 0 Å². The van der Waals surface area contributed by atoms with E-state index in [0.717, 1.165) is 18.4 Å². The van der Waals surface area contributed by atoms with Gasteiger partial charge in [0.2, 0.25) is 5.75 Å². The van der Waals surface area contributed by atoms with E-state index >= 15 is 0 Å². The van der Waals surface area contributed by atoms with Crippen LogP contribution >= 0.6 is 0 Å². The largest absolute Gasteiger partial charge is 0.493 e. The van der Waals surface area contributed by atoms with Gasteiger partial charge >= 0.3 is 5.97 Å². The molecule has 0 saturated carbocycles. The molecule has 6 nitrogen and oxygen atoms in total. The minimum Gasteiger partial charge on any atom is -0.493 e. The van der Waals surface area contributed by atoms with Crippen molar-refractivity contribution in [2.24, 2.45) is 17.6 Å². The fourth-order valence-corrected chi connectivity index (χ4v) is 2.66. The molecule has 0 fully saturated rings. The maximum absolute atomic E-state index is 11.1. The summed E-state index contributed by atoms with van der Waals surface area (Å²) < 4.78 is 16.1. The van der Waals surface area contributed by atoms with Crippen molar-refractivity contribution in [1.82, 2.24) is 0 Å². The summed E-state index contributed by atoms with van der Waals surface area (Å²) in [5.41, 5.74) is 6.52. The highest BCUT2D eigenvalue weighted by Gasteiger charge is 2.20. The third kappa shape index (κ3) is 5.03. The third-order valence-corrected chi connectivity index (χ3v) is 4.01. The van der Waals surface area contributed by atoms with E-state index in [1.165, 1.54) is 0 Å². The predicted molar refractivity (Wildman–Crippen MR) is 88.4 cm³/mol. The van der Waals surface area contributed by atoms with Crippen LogP contribution in [0.15, 0.2) is 12.1 Å². The molecule has 0 aromatic heterocycles. The van der Waals surface area contributed by atoms with E-state index in [1.54, 1.807) is 21.3 Å². The molecular weight excluding hydrogens is 298 g/mol. The molecule has 0 aliphatic heterocycles. The summed E-state index contributed by atoms with van der Waals surface area (Å²) in [6, 6.07) is 3.80. The van der Waals surface area contributed by atoms with Crippen molar-refractivity contribution in [2.75, 3.05) is 27.9 Å². The third-order valence-electron chi connectivity index (χ3n) is 4.01. The fraction of sp³-hybridized carbons (Fsp3) is 0.588. The Hall–Kier alpha value is -1.95. The summed E-state index contributed by atoms with van der Waals surface area (Å²) in [7, 11) is 4.75. The molecular formula is C17H27NO5. The molecule has 1 aromatic rings. The van der Waals surface area contributed by atoms with Gasteiger partial charge in [0.05, 0.1) is 27.2 Å². The van der Waals surface area contributed by atoms with Gasteiger partial charge in [0, 0.05) is 6.54 Å². The number of ether oxygens (including phenoxy) is 3. The monoisotopic (exact) mass is 325 g/mol. The van der Waals surface area contributed by atoms with Gasteiger partial charge in [-0.25, -0.2) is 0 Å². The Bertz CT molecular complexity index is 518. The van der Waals surface area contributed by atoms with Crippen LogP contribution in [0.1, 0.15) is 25.3 Å². The summed E-state index contributed by atoms with van der Waals surface area (Å²) in [6.45, 7) is 2.21. The molecule has 0 radical (unpaired) electrons. The van der Waals surface area contributed by atoms with Gasteiger partial charge in [0.15, 0.2) is 11.5 Å². The highest BCUT2D eigenvalue weighted by molar-refractivity contribution is 5.70. The van der Waals surface area contributed by atoms with E-state index in [9.17, 15) is 4.79 Å². The van der Waals surface area contributed by atoms with E-state index in [2.05, 4.69) is 0 Å². The molecule has 2 unspecified atom stereocenters. The van der Waals surface area contributed by atoms with Crippen LogP contribution in [0.3, 0.4) is 0 Å². The van der Waals surface area contributed by atoms with Gasteiger partial charge in [-0.15, -0.1) is 0 Å². The van der Waals surface area contributed by atoms with E-state index in [1.807, 2.05) is 19.1 Å². The Morgan fingerprint density at radius 1 is 1.17 bits per heavy atom. The second kappa shape index (κ2) is 9.25. The number of benzene rings is 1. The molecule has 0 aliphatic carbocycles. The Kier molecular flexibility index (Phi) is 7.68. The minimum atomic E-state index is -0.831. The smallest absolute Gasteiger partial charge is 0.307 e. The second-order valence-electron chi connectivity index (χ2n) is 5.64. The average molecular weight is 325 g/mol. The van der Waals surface area contributed by atoms with Crippen molar-refractivity contribution >= 4 is 5.97 Å². The number of aryl methyl sites for hydroxylation is 1. The first-order valence-electron chi connectivity index (χ1n) is 7.69. The number of hydrogen-bond acceptors (Lipinski definition) is 5. The van der Waals surface area contributed by atoms with Crippen LogP contribution in [-0.4, -0.2) is 38.9 Å². The van der Waals surface area contributed by atoms with E-state index in [-0.39, 0.29) is 12.5 Å². The van der Waals surface area contributed by atoms with E-state index < -0.39 is 11.9 Å². The fourth-order valence-electron chi connectivity index (χ4n) is 2.66. The molecule has 1 aromatic carbocycles. The number of carboxylic acids is 1. The first-order valence-corrected chi connectivity index (χ1v) is 7.69. The van der Waals surface area contributed by atoms with Gasteiger partial charge in [-0.2, -0.15) is 0 Å². The van der Waals surface area contributed by atoms with E-state index in [4.69, 9.17) is 25.1 Å². The Morgan fingerprint density at radius 2 is 1.83 bits per heavy atom. The van der Waals surface area contributed by atoms with Crippen LogP contribution in [0, 0.1) is 11.8 Å². The Morgan fingerprint density at radius 3 is 2.30 bits per heavy atom. The normalized spacial score (nSPS) is 13.3. The topological polar surface area (TPSA) is 91.0 Å². The molecule has 0 aliphatic rings. The number of carbonyl (C=O) groups is 1. The molecule has 0 bridgehead atoms. The van der Waals surface area contributed by atoms with Gasteiger partial charge in [-0.3, -0.25) is 4.79 Å². The minimum absolute atomic E-state index is 0.166. The lowest BCUT2D eigenvalue weighted by atomic mass is 9.91. The van der Waals surface area contributed by atoms with Crippen LogP contribution in [0.2, 0.25) is 0 Å². The lowest BCUT2D eigenvalue weighted by Gasteiger charge is -2.18. The highest BCUT2D eigenvalue weighted by Crippen LogP contribution is 2.40. The zero-order valence-electron chi connectivity index (χ0n) is 14.3. The average Bonchev–Trinajstić information content (AvgIpc) is 2.56. The molecule has 1 rings (SSSR count). The molecule has 2 atom stereocenters. The first kappa shape index (κ1) is 19.1. The quantitative estimate of drug-likeness (QED) is 0.686. The van der Waals surface area contributed by atoms with Crippen molar-refractivity contribution in [1.29, 1.82) is 0 Å². The van der Waals surface area contributed by atoms with Crippen LogP contribution in [-0.2, 0) is 11.2 Å². The van der Waals surface area contributed by atoms with Crippen molar-refractivity contribution in [3.63, 3.8) is 0 Å². The number of nitrogens with two attached hydrogens (primary N) is 1. The molecule has 0 saturated heterocycles. The zero-order valence-corrected chi connectivity index (χ0v) is 14.3. The molecule has 0 spiro atoms. The number of rotatable bonds is 10. The lowest BCUT2D eigenvalue weighted by molar-refractivity contribution is -0.141. The summed E-state index contributed by atoms with van der Waals surface area (Å²) in [6.07, 6.45) is 2.18. The van der Waals surface area contributed by atoms with Gasteiger partial charge in [-0.05, 0) is 36.8 Å². The number of carboxylic acid groups (broad SMARTS) is 1. The summed E-state index contributed by atoms with van der Waals surface area (Å²) >= 11 is 0. The van der Waals surface area contributed by atoms with Crippen LogP contribution in [0.4, 0.5) is 0 Å². The Labute approximate surface area is 137 Å². The standard InChI is InChI=1S/C17H27NO5/c1-11(9-13(10-18)17(19)20)5-6-12-7-8-14(21-2)16(23-4)15(12)22-3/h7-8,11,13H,5-6,9-10,18H2,1-4H3,(H,19,20). The highest BCUT2D eigenvalue weighted by atomic mass is 16.5. The van der Waals surface area contributed by atoms with Crippen molar-refractivity contribution in [2.45, 2.75) is 26.2 Å². The number of methoxy groups -OCH3 is 3. The molecule has 23 heavy (non-hydrogen) atoms. The second-order valence-corrected chi connectivity index (χ2v) is 5.64. The van der Waals surface area contributed by atoms with Crippen molar-refractivity contribution in [3.8, 4) is 17.2 Å². The van der Waals surface area contributed by atoms with Gasteiger partial charge in [0.1, 0.15) is 0 Å². The van der Waals surface area contributed by atoms with Gasteiger partial charge in [0.25, 0.3) is 0 Å². The summed E-state index contributed by atoms with van der Waals surface area (Å²) in [5.74, 6) is 0.784. The van der Waals surface area contributed by atoms with Crippen molar-refractivity contribution in [3.05, 3.63) is 17.7 Å². The van der Waals surface area contributed by atoms with Gasteiger partial charge < -0.3 is 25.1 Å². The van der Waals surface area contributed by atoms with E-state index in [0.29, 0.717) is 23.7 Å². The SMILES string of the molecule is COc1ccc(CCC(C)CC(CN)C(=O)O)c(OC)c1OC. The van der Waals surface area contributed by atoms with Crippen LogP contribution < -0.4 is 19.9 Å². The predicted octanol–water partition coefficient (Wildman–Crippen LogP) is 2.33. The van der Waals surface area contributed by atoms with Gasteiger partial charge in [-0.1, -0.05) is 13.0 Å². The molecule has 3 N–H and O–H groups in total. The molecule has 0 amide bonds. The number of hydrogen-bond donors (Lipinski definition) is 2. The zero-order chi connectivity index (χ0) is 17.4. The molecule has 130 valence electrons. The number of aliphatic carboxylic acids is 1. The molecule has 6 heteroatoms. The molecule has 0 heterocycles. The summed E-state index contributed by atoms with van der Waals surface area (Å²) in [5, 5.41) is 9.09. The lowest BCUT2D eigenvalue weighted by Crippen LogP contribution is -2.25. The first-order chi connectivity index (χ1) is 11.0.